The SMILES string of the molecule is O=C(NN1C(=O)C(=Cc2ccccc2Cl)SC1=S)c1ccccc1. The van der Waals surface area contributed by atoms with Crippen molar-refractivity contribution < 1.29 is 9.59 Å². The van der Waals surface area contributed by atoms with Gasteiger partial charge in [0.05, 0.1) is 4.91 Å². The summed E-state index contributed by atoms with van der Waals surface area (Å²) in [6.07, 6.45) is 1.66. The monoisotopic (exact) mass is 374 g/mol. The molecule has 0 unspecified atom stereocenters. The first-order valence-corrected chi connectivity index (χ1v) is 8.55. The highest BCUT2D eigenvalue weighted by Crippen LogP contribution is 2.32. The van der Waals surface area contributed by atoms with Gasteiger partial charge in [-0.2, -0.15) is 5.01 Å². The molecule has 0 aliphatic carbocycles. The zero-order chi connectivity index (χ0) is 17.1. The van der Waals surface area contributed by atoms with Crippen LogP contribution >= 0.6 is 35.6 Å². The number of benzene rings is 2. The maximum absolute atomic E-state index is 12.5. The molecule has 0 saturated carbocycles. The van der Waals surface area contributed by atoms with Crippen molar-refractivity contribution in [1.29, 1.82) is 0 Å². The number of thioether (sulfide) groups is 1. The lowest BCUT2D eigenvalue weighted by Crippen LogP contribution is -2.44. The molecule has 0 bridgehead atoms. The maximum Gasteiger partial charge on any atom is 0.285 e. The molecular weight excluding hydrogens is 364 g/mol. The smallest absolute Gasteiger partial charge is 0.267 e. The molecule has 1 aliphatic heterocycles. The van der Waals surface area contributed by atoms with Crippen LogP contribution in [0.5, 0.6) is 0 Å². The van der Waals surface area contributed by atoms with Crippen LogP contribution in [0.25, 0.3) is 6.08 Å². The van der Waals surface area contributed by atoms with Gasteiger partial charge in [0.2, 0.25) is 0 Å². The first-order chi connectivity index (χ1) is 11.6. The zero-order valence-corrected chi connectivity index (χ0v) is 14.6. The Bertz CT molecular complexity index is 853. The van der Waals surface area contributed by atoms with Crippen LogP contribution in [0.1, 0.15) is 15.9 Å². The minimum absolute atomic E-state index is 0.266. The highest BCUT2D eigenvalue weighted by atomic mass is 35.5. The van der Waals surface area contributed by atoms with Crippen molar-refractivity contribution >= 4 is 57.8 Å². The van der Waals surface area contributed by atoms with Gasteiger partial charge >= 0.3 is 0 Å². The molecule has 4 nitrogen and oxygen atoms in total. The van der Waals surface area contributed by atoms with Crippen molar-refractivity contribution in [3.8, 4) is 0 Å². The Morgan fingerprint density at radius 2 is 1.79 bits per heavy atom. The van der Waals surface area contributed by atoms with Crippen LogP contribution in [-0.4, -0.2) is 21.1 Å². The lowest BCUT2D eigenvalue weighted by atomic mass is 10.2. The molecule has 1 heterocycles. The summed E-state index contributed by atoms with van der Waals surface area (Å²) >= 11 is 12.4. The molecule has 2 amide bonds. The molecule has 1 aliphatic rings. The number of halogens is 1. The Morgan fingerprint density at radius 3 is 2.50 bits per heavy atom. The number of carbonyl (C=O) groups excluding carboxylic acids is 2. The molecule has 2 aromatic carbocycles. The second-order valence-electron chi connectivity index (χ2n) is 4.85. The number of hydrazine groups is 1. The normalized spacial score (nSPS) is 15.9. The number of hydrogen-bond donors (Lipinski definition) is 1. The number of rotatable bonds is 3. The lowest BCUT2D eigenvalue weighted by molar-refractivity contribution is -0.123. The van der Waals surface area contributed by atoms with Crippen molar-refractivity contribution in [3.05, 3.63) is 75.7 Å². The van der Waals surface area contributed by atoms with E-state index in [1.54, 1.807) is 42.5 Å². The highest BCUT2D eigenvalue weighted by molar-refractivity contribution is 8.26. The Morgan fingerprint density at radius 1 is 1.12 bits per heavy atom. The van der Waals surface area contributed by atoms with Crippen LogP contribution in [0.4, 0.5) is 0 Å². The predicted molar refractivity (Wildman–Crippen MR) is 100 cm³/mol. The third-order valence-corrected chi connectivity index (χ3v) is 4.88. The lowest BCUT2D eigenvalue weighted by Gasteiger charge is -2.15. The van der Waals surface area contributed by atoms with E-state index >= 15 is 0 Å². The molecule has 0 radical (unpaired) electrons. The predicted octanol–water partition coefficient (Wildman–Crippen LogP) is 3.89. The summed E-state index contributed by atoms with van der Waals surface area (Å²) in [4.78, 5) is 25.1. The first kappa shape index (κ1) is 16.7. The Balaban J connectivity index is 1.80. The molecule has 1 saturated heterocycles. The summed E-state index contributed by atoms with van der Waals surface area (Å²) in [5.41, 5.74) is 3.70. The van der Waals surface area contributed by atoms with Gasteiger partial charge < -0.3 is 0 Å². The fourth-order valence-electron chi connectivity index (χ4n) is 2.05. The number of amides is 2. The molecule has 7 heteroatoms. The maximum atomic E-state index is 12.5. The van der Waals surface area contributed by atoms with Gasteiger partial charge in [-0.15, -0.1) is 0 Å². The average molecular weight is 375 g/mol. The van der Waals surface area contributed by atoms with Gasteiger partial charge in [-0.3, -0.25) is 15.0 Å². The van der Waals surface area contributed by atoms with Gasteiger partial charge in [0, 0.05) is 10.6 Å². The highest BCUT2D eigenvalue weighted by Gasteiger charge is 2.33. The van der Waals surface area contributed by atoms with Gasteiger partial charge in [0.15, 0.2) is 4.32 Å². The van der Waals surface area contributed by atoms with Crippen molar-refractivity contribution in [3.63, 3.8) is 0 Å². The number of nitrogens with one attached hydrogen (secondary N) is 1. The fraction of sp³-hybridized carbons (Fsp3) is 0. The molecule has 1 N–H and O–H groups in total. The zero-order valence-electron chi connectivity index (χ0n) is 12.2. The third-order valence-electron chi connectivity index (χ3n) is 3.23. The van der Waals surface area contributed by atoms with Crippen LogP contribution in [0, 0.1) is 0 Å². The van der Waals surface area contributed by atoms with E-state index < -0.39 is 5.91 Å². The van der Waals surface area contributed by atoms with Gasteiger partial charge in [-0.1, -0.05) is 59.8 Å². The fourth-order valence-corrected chi connectivity index (χ4v) is 3.41. The quantitative estimate of drug-likeness (QED) is 0.654. The Kier molecular flexibility index (Phi) is 4.99. The number of carbonyl (C=O) groups is 2. The molecule has 0 aromatic heterocycles. The molecule has 24 heavy (non-hydrogen) atoms. The van der Waals surface area contributed by atoms with E-state index in [1.807, 2.05) is 18.2 Å². The van der Waals surface area contributed by atoms with E-state index in [1.165, 1.54) is 0 Å². The second-order valence-corrected chi connectivity index (χ2v) is 6.93. The summed E-state index contributed by atoms with van der Waals surface area (Å²) in [7, 11) is 0. The molecular formula is C17H11ClN2O2S2. The average Bonchev–Trinajstić information content (AvgIpc) is 2.85. The number of hydrogen-bond acceptors (Lipinski definition) is 4. The van der Waals surface area contributed by atoms with Crippen LogP contribution in [0.15, 0.2) is 59.5 Å². The number of thiocarbonyl (C=S) groups is 1. The molecule has 0 atom stereocenters. The van der Waals surface area contributed by atoms with Crippen LogP contribution in [0.2, 0.25) is 5.02 Å². The van der Waals surface area contributed by atoms with Crippen molar-refractivity contribution in [2.24, 2.45) is 0 Å². The van der Waals surface area contributed by atoms with Crippen molar-refractivity contribution in [2.45, 2.75) is 0 Å². The standard InChI is InChI=1S/C17H11ClN2O2S2/c18-13-9-5-4-8-12(13)10-14-16(22)20(17(23)24-14)19-15(21)11-6-2-1-3-7-11/h1-10H,(H,19,21). The summed E-state index contributed by atoms with van der Waals surface area (Å²) in [5, 5.41) is 1.62. The van der Waals surface area contributed by atoms with E-state index in [0.29, 0.717) is 21.1 Å². The summed E-state index contributed by atoms with van der Waals surface area (Å²) in [6, 6.07) is 15.8. The van der Waals surface area contributed by atoms with Gasteiger partial charge in [-0.25, -0.2) is 0 Å². The first-order valence-electron chi connectivity index (χ1n) is 6.95. The summed E-state index contributed by atoms with van der Waals surface area (Å²) in [6.45, 7) is 0. The van der Waals surface area contributed by atoms with E-state index in [-0.39, 0.29) is 10.2 Å². The third kappa shape index (κ3) is 3.51. The largest absolute Gasteiger partial charge is 0.285 e. The van der Waals surface area contributed by atoms with Crippen molar-refractivity contribution in [2.75, 3.05) is 0 Å². The molecule has 120 valence electrons. The van der Waals surface area contributed by atoms with Crippen molar-refractivity contribution in [1.82, 2.24) is 10.4 Å². The van der Waals surface area contributed by atoms with Crippen LogP contribution in [0.3, 0.4) is 0 Å². The van der Waals surface area contributed by atoms with E-state index in [2.05, 4.69) is 5.43 Å². The Hall–Kier alpha value is -2.15. The van der Waals surface area contributed by atoms with E-state index in [4.69, 9.17) is 23.8 Å². The number of nitrogens with zero attached hydrogens (tertiary/aromatic N) is 1. The second kappa shape index (κ2) is 7.17. The van der Waals surface area contributed by atoms with Gasteiger partial charge in [0.25, 0.3) is 11.8 Å². The topological polar surface area (TPSA) is 49.4 Å². The minimum Gasteiger partial charge on any atom is -0.267 e. The van der Waals surface area contributed by atoms with Gasteiger partial charge in [-0.05, 0) is 42.1 Å². The van der Waals surface area contributed by atoms with Crippen LogP contribution < -0.4 is 5.43 Å². The van der Waals surface area contributed by atoms with E-state index in [9.17, 15) is 9.59 Å². The minimum atomic E-state index is -0.397. The van der Waals surface area contributed by atoms with Crippen LogP contribution in [-0.2, 0) is 4.79 Å². The van der Waals surface area contributed by atoms with Gasteiger partial charge in [0.1, 0.15) is 0 Å². The molecule has 0 spiro atoms. The molecule has 3 rings (SSSR count). The van der Waals surface area contributed by atoms with E-state index in [0.717, 1.165) is 16.8 Å². The molecule has 2 aromatic rings. The summed E-state index contributed by atoms with van der Waals surface area (Å²) in [5.74, 6) is -0.778. The Labute approximate surface area is 153 Å². The summed E-state index contributed by atoms with van der Waals surface area (Å²) < 4.78 is 0.266. The molecule has 1 fully saturated rings.